The molecule has 4 rings (SSSR count). The summed E-state index contributed by atoms with van der Waals surface area (Å²) in [6.07, 6.45) is 5.18. The van der Waals surface area contributed by atoms with Gasteiger partial charge in [-0.1, -0.05) is 41.4 Å². The zero-order valence-electron chi connectivity index (χ0n) is 13.8. The number of hydrogen-bond donors (Lipinski definition) is 0. The second kappa shape index (κ2) is 6.75. The van der Waals surface area contributed by atoms with Crippen molar-refractivity contribution in [3.63, 3.8) is 0 Å². The lowest BCUT2D eigenvalue weighted by Crippen LogP contribution is -2.31. The molecule has 0 bridgehead atoms. The molecule has 0 radical (unpaired) electrons. The van der Waals surface area contributed by atoms with E-state index in [1.54, 1.807) is 18.6 Å². The second-order valence-corrected chi connectivity index (χ2v) is 7.26. The highest BCUT2D eigenvalue weighted by molar-refractivity contribution is 6.35. The Morgan fingerprint density at radius 1 is 1.12 bits per heavy atom. The van der Waals surface area contributed by atoms with E-state index in [-0.39, 0.29) is 5.92 Å². The molecule has 5 heteroatoms. The average molecular weight is 370 g/mol. The molecule has 2 heterocycles. The Kier molecular flexibility index (Phi) is 4.46. The molecule has 25 heavy (non-hydrogen) atoms. The van der Waals surface area contributed by atoms with Gasteiger partial charge < -0.3 is 4.90 Å². The molecule has 3 aromatic rings. The van der Waals surface area contributed by atoms with Crippen LogP contribution < -0.4 is 0 Å². The standard InChI is InChI=1S/C20H17Cl2N3/c1-25-11-17(16-8-15(21)9-19(22)18(16)12-25)13-3-2-4-14(7-13)20-10-23-5-6-24-20/h2-10,17H,11-12H2,1H3/t17-/m0/s1. The molecule has 1 aromatic heterocycles. The third kappa shape index (κ3) is 3.28. The van der Waals surface area contributed by atoms with E-state index in [2.05, 4.69) is 52.2 Å². The van der Waals surface area contributed by atoms with Crippen LogP contribution in [0.2, 0.25) is 10.0 Å². The SMILES string of the molecule is CN1Cc2c(Cl)cc(Cl)cc2[C@H](c2cccc(-c3cnccn3)c2)C1. The van der Waals surface area contributed by atoms with Crippen LogP contribution in [0.15, 0.2) is 55.0 Å². The van der Waals surface area contributed by atoms with Crippen molar-refractivity contribution in [3.8, 4) is 11.3 Å². The predicted octanol–water partition coefficient (Wildman–Crippen LogP) is 5.03. The number of hydrogen-bond acceptors (Lipinski definition) is 3. The Morgan fingerprint density at radius 2 is 2.00 bits per heavy atom. The molecule has 1 aliphatic rings. The lowest BCUT2D eigenvalue weighted by atomic mass is 9.84. The Hall–Kier alpha value is -1.94. The summed E-state index contributed by atoms with van der Waals surface area (Å²) >= 11 is 12.7. The van der Waals surface area contributed by atoms with Gasteiger partial charge in [0, 0.05) is 47.0 Å². The minimum absolute atomic E-state index is 0.224. The smallest absolute Gasteiger partial charge is 0.0885 e. The van der Waals surface area contributed by atoms with E-state index in [0.717, 1.165) is 34.9 Å². The van der Waals surface area contributed by atoms with Crippen LogP contribution in [0.25, 0.3) is 11.3 Å². The van der Waals surface area contributed by atoms with Gasteiger partial charge in [0.1, 0.15) is 0 Å². The molecule has 0 unspecified atom stereocenters. The van der Waals surface area contributed by atoms with E-state index in [4.69, 9.17) is 23.2 Å². The van der Waals surface area contributed by atoms with Crippen molar-refractivity contribution in [2.45, 2.75) is 12.5 Å². The molecular formula is C20H17Cl2N3. The summed E-state index contributed by atoms with van der Waals surface area (Å²) in [7, 11) is 2.12. The van der Waals surface area contributed by atoms with Crippen LogP contribution in [0.1, 0.15) is 22.6 Å². The highest BCUT2D eigenvalue weighted by Crippen LogP contribution is 2.39. The first-order chi connectivity index (χ1) is 12.1. The van der Waals surface area contributed by atoms with E-state index in [1.165, 1.54) is 11.1 Å². The normalized spacial score (nSPS) is 17.3. The fourth-order valence-corrected chi connectivity index (χ4v) is 4.06. The van der Waals surface area contributed by atoms with Crippen molar-refractivity contribution in [2.24, 2.45) is 0 Å². The summed E-state index contributed by atoms with van der Waals surface area (Å²) in [5.41, 5.74) is 5.54. The van der Waals surface area contributed by atoms with E-state index in [9.17, 15) is 0 Å². The molecule has 0 N–H and O–H groups in total. The second-order valence-electron chi connectivity index (χ2n) is 6.42. The van der Waals surface area contributed by atoms with Crippen LogP contribution in [0, 0.1) is 0 Å². The van der Waals surface area contributed by atoms with Crippen molar-refractivity contribution < 1.29 is 0 Å². The van der Waals surface area contributed by atoms with Crippen LogP contribution in [-0.4, -0.2) is 28.5 Å². The monoisotopic (exact) mass is 369 g/mol. The van der Waals surface area contributed by atoms with Gasteiger partial charge in [-0.15, -0.1) is 0 Å². The zero-order valence-corrected chi connectivity index (χ0v) is 15.3. The van der Waals surface area contributed by atoms with E-state index >= 15 is 0 Å². The van der Waals surface area contributed by atoms with Crippen molar-refractivity contribution in [1.29, 1.82) is 0 Å². The number of benzene rings is 2. The van der Waals surface area contributed by atoms with Gasteiger partial charge in [-0.05, 0) is 41.9 Å². The Balaban J connectivity index is 1.81. The maximum absolute atomic E-state index is 6.46. The molecule has 0 saturated heterocycles. The lowest BCUT2D eigenvalue weighted by molar-refractivity contribution is 0.295. The number of likely N-dealkylation sites (N-methyl/N-ethyl adjacent to an activating group) is 1. The summed E-state index contributed by atoms with van der Waals surface area (Å²) in [5.74, 6) is 0.224. The van der Waals surface area contributed by atoms with E-state index in [0.29, 0.717) is 5.02 Å². The van der Waals surface area contributed by atoms with Crippen molar-refractivity contribution in [2.75, 3.05) is 13.6 Å². The van der Waals surface area contributed by atoms with E-state index < -0.39 is 0 Å². The van der Waals surface area contributed by atoms with Gasteiger partial charge in [0.2, 0.25) is 0 Å². The van der Waals surface area contributed by atoms with Gasteiger partial charge in [0.15, 0.2) is 0 Å². The van der Waals surface area contributed by atoms with Gasteiger partial charge in [-0.25, -0.2) is 0 Å². The lowest BCUT2D eigenvalue weighted by Gasteiger charge is -2.33. The molecule has 3 nitrogen and oxygen atoms in total. The molecular weight excluding hydrogens is 353 g/mol. The molecule has 0 fully saturated rings. The summed E-state index contributed by atoms with van der Waals surface area (Å²) in [6.45, 7) is 1.76. The predicted molar refractivity (Wildman–Crippen MR) is 102 cm³/mol. The zero-order chi connectivity index (χ0) is 17.4. The van der Waals surface area contributed by atoms with Crippen LogP contribution >= 0.6 is 23.2 Å². The van der Waals surface area contributed by atoms with Gasteiger partial charge in [-0.3, -0.25) is 9.97 Å². The quantitative estimate of drug-likeness (QED) is 0.634. The van der Waals surface area contributed by atoms with Crippen LogP contribution in [0.4, 0.5) is 0 Å². The number of fused-ring (bicyclic) bond motifs is 1. The van der Waals surface area contributed by atoms with Crippen molar-refractivity contribution in [1.82, 2.24) is 14.9 Å². The Labute approximate surface area is 157 Å². The fourth-order valence-electron chi connectivity index (χ4n) is 3.49. The summed E-state index contributed by atoms with van der Waals surface area (Å²) in [4.78, 5) is 10.9. The summed E-state index contributed by atoms with van der Waals surface area (Å²) < 4.78 is 0. The fraction of sp³-hybridized carbons (Fsp3) is 0.200. The first-order valence-electron chi connectivity index (χ1n) is 8.14. The number of nitrogens with zero attached hydrogens (tertiary/aromatic N) is 3. The number of rotatable bonds is 2. The van der Waals surface area contributed by atoms with Crippen molar-refractivity contribution in [3.05, 3.63) is 81.7 Å². The van der Waals surface area contributed by atoms with Gasteiger partial charge in [0.05, 0.1) is 11.9 Å². The molecule has 1 atom stereocenters. The highest BCUT2D eigenvalue weighted by atomic mass is 35.5. The third-order valence-corrected chi connectivity index (χ3v) is 5.20. The molecule has 0 amide bonds. The highest BCUT2D eigenvalue weighted by Gasteiger charge is 2.27. The molecule has 0 saturated carbocycles. The van der Waals surface area contributed by atoms with Crippen LogP contribution in [-0.2, 0) is 6.54 Å². The minimum Gasteiger partial charge on any atom is -0.301 e. The topological polar surface area (TPSA) is 29.0 Å². The average Bonchev–Trinajstić information content (AvgIpc) is 2.63. The molecule has 0 spiro atoms. The maximum Gasteiger partial charge on any atom is 0.0885 e. The minimum atomic E-state index is 0.224. The number of aromatic nitrogens is 2. The first kappa shape index (κ1) is 16.5. The molecule has 126 valence electrons. The number of halogens is 2. The maximum atomic E-state index is 6.46. The Morgan fingerprint density at radius 3 is 2.80 bits per heavy atom. The third-order valence-electron chi connectivity index (χ3n) is 4.64. The van der Waals surface area contributed by atoms with Gasteiger partial charge >= 0.3 is 0 Å². The summed E-state index contributed by atoms with van der Waals surface area (Å²) in [6, 6.07) is 12.4. The first-order valence-corrected chi connectivity index (χ1v) is 8.90. The van der Waals surface area contributed by atoms with E-state index in [1.807, 2.05) is 6.07 Å². The van der Waals surface area contributed by atoms with Gasteiger partial charge in [0.25, 0.3) is 0 Å². The van der Waals surface area contributed by atoms with Crippen molar-refractivity contribution >= 4 is 23.2 Å². The molecule has 0 aliphatic carbocycles. The largest absolute Gasteiger partial charge is 0.301 e. The van der Waals surface area contributed by atoms with Crippen LogP contribution in [0.3, 0.4) is 0 Å². The molecule has 2 aromatic carbocycles. The van der Waals surface area contributed by atoms with Gasteiger partial charge in [-0.2, -0.15) is 0 Å². The summed E-state index contributed by atoms with van der Waals surface area (Å²) in [5, 5.41) is 1.42. The molecule has 1 aliphatic heterocycles. The van der Waals surface area contributed by atoms with Crippen LogP contribution in [0.5, 0.6) is 0 Å². The Bertz CT molecular complexity index is 912.